The maximum atomic E-state index is 15.4. The molecule has 1 N–H and O–H groups in total. The van der Waals surface area contributed by atoms with Crippen LogP contribution in [0.25, 0.3) is 10.8 Å². The van der Waals surface area contributed by atoms with E-state index in [1.54, 1.807) is 38.6 Å². The van der Waals surface area contributed by atoms with Crippen molar-refractivity contribution in [1.82, 2.24) is 9.80 Å². The van der Waals surface area contributed by atoms with Crippen molar-refractivity contribution in [3.05, 3.63) is 140 Å². The topological polar surface area (TPSA) is 81.2 Å². The van der Waals surface area contributed by atoms with E-state index in [-0.39, 0.29) is 42.0 Å². The highest BCUT2D eigenvalue weighted by Gasteiger charge is 2.77. The fraction of sp³-hybridized carbons (Fsp3) is 0.326. The van der Waals surface area contributed by atoms with E-state index in [0.717, 1.165) is 28.3 Å². The number of aliphatic hydroxyl groups is 1. The van der Waals surface area contributed by atoms with Gasteiger partial charge in [0, 0.05) is 30.6 Å². The minimum Gasteiger partial charge on any atom is -0.394 e. The van der Waals surface area contributed by atoms with Gasteiger partial charge < -0.3 is 19.8 Å². The SMILES string of the molecule is C=CCN(Cc1ccccc1)C(=O)[C@@H]1[C@@H]2CC(C)C3(S2)C(C(=O)N(CC=C)c2ccc4ccccc4c2)N([C@@H](CO)Cc2ccccc2)C(=O)[C@H]13. The number of fused-ring (bicyclic) bond motifs is 2. The molecule has 3 fully saturated rings. The van der Waals surface area contributed by atoms with Gasteiger partial charge >= 0.3 is 0 Å². The number of anilines is 1. The number of rotatable bonds is 13. The number of carbonyl (C=O) groups excluding carboxylic acids is 3. The minimum atomic E-state index is -0.896. The molecule has 0 radical (unpaired) electrons. The molecule has 0 aliphatic carbocycles. The van der Waals surface area contributed by atoms with Crippen molar-refractivity contribution >= 4 is 45.9 Å². The number of amides is 3. The van der Waals surface area contributed by atoms with Crippen LogP contribution in [0.1, 0.15) is 24.5 Å². The highest BCUT2D eigenvalue weighted by Crippen LogP contribution is 2.69. The normalized spacial score (nSPS) is 25.4. The van der Waals surface area contributed by atoms with Gasteiger partial charge in [0.25, 0.3) is 5.91 Å². The molecule has 3 aliphatic heterocycles. The van der Waals surface area contributed by atoms with Gasteiger partial charge in [0.05, 0.1) is 29.2 Å². The summed E-state index contributed by atoms with van der Waals surface area (Å²) >= 11 is 1.66. The van der Waals surface area contributed by atoms with Crippen LogP contribution in [-0.4, -0.2) is 74.4 Å². The fourth-order valence-corrected chi connectivity index (χ4v) is 11.3. The van der Waals surface area contributed by atoms with Gasteiger partial charge in [-0.15, -0.1) is 24.9 Å². The van der Waals surface area contributed by atoms with Crippen molar-refractivity contribution < 1.29 is 19.5 Å². The lowest BCUT2D eigenvalue weighted by Crippen LogP contribution is -2.59. The van der Waals surface area contributed by atoms with E-state index in [9.17, 15) is 9.90 Å². The summed E-state index contributed by atoms with van der Waals surface area (Å²) in [4.78, 5) is 50.6. The lowest BCUT2D eigenvalue weighted by atomic mass is 9.65. The summed E-state index contributed by atoms with van der Waals surface area (Å²) in [6.45, 7) is 10.7. The Morgan fingerprint density at radius 1 is 0.902 bits per heavy atom. The first-order valence-electron chi connectivity index (χ1n) is 17.8. The van der Waals surface area contributed by atoms with Crippen LogP contribution in [0, 0.1) is 17.8 Å². The predicted octanol–water partition coefficient (Wildman–Crippen LogP) is 6.51. The molecule has 3 aliphatic rings. The first kappa shape index (κ1) is 34.8. The average molecular weight is 700 g/mol. The summed E-state index contributed by atoms with van der Waals surface area (Å²) in [5, 5.41) is 13.0. The lowest BCUT2D eigenvalue weighted by Gasteiger charge is -2.42. The van der Waals surface area contributed by atoms with Gasteiger partial charge in [0.15, 0.2) is 0 Å². The Kier molecular flexibility index (Phi) is 9.90. The summed E-state index contributed by atoms with van der Waals surface area (Å²) < 4.78 is -0.855. The van der Waals surface area contributed by atoms with Gasteiger partial charge in [-0.25, -0.2) is 0 Å². The molecule has 262 valence electrons. The lowest BCUT2D eigenvalue weighted by molar-refractivity contribution is -0.145. The van der Waals surface area contributed by atoms with Crippen molar-refractivity contribution in [2.75, 3.05) is 24.6 Å². The minimum absolute atomic E-state index is 0.0234. The van der Waals surface area contributed by atoms with Crippen LogP contribution in [0.5, 0.6) is 0 Å². The van der Waals surface area contributed by atoms with E-state index >= 15 is 9.59 Å². The maximum Gasteiger partial charge on any atom is 0.251 e. The molecule has 4 aromatic carbocycles. The number of hydrogen-bond acceptors (Lipinski definition) is 5. The van der Waals surface area contributed by atoms with Gasteiger partial charge in [0.2, 0.25) is 11.8 Å². The molecule has 2 bridgehead atoms. The van der Waals surface area contributed by atoms with Crippen molar-refractivity contribution in [2.24, 2.45) is 17.8 Å². The van der Waals surface area contributed by atoms with Crippen molar-refractivity contribution in [1.29, 1.82) is 0 Å². The zero-order valence-corrected chi connectivity index (χ0v) is 29.8. The maximum absolute atomic E-state index is 15.4. The van der Waals surface area contributed by atoms with Crippen LogP contribution < -0.4 is 4.90 Å². The second kappa shape index (κ2) is 14.5. The van der Waals surface area contributed by atoms with Gasteiger partial charge in [-0.2, -0.15) is 0 Å². The molecule has 7 rings (SSSR count). The fourth-order valence-electron chi connectivity index (χ4n) is 8.90. The third-order valence-electron chi connectivity index (χ3n) is 11.1. The second-order valence-corrected chi connectivity index (χ2v) is 15.6. The monoisotopic (exact) mass is 699 g/mol. The predicted molar refractivity (Wildman–Crippen MR) is 205 cm³/mol. The van der Waals surface area contributed by atoms with E-state index in [0.29, 0.717) is 25.2 Å². The zero-order chi connectivity index (χ0) is 35.7. The molecule has 0 aromatic heterocycles. The van der Waals surface area contributed by atoms with Crippen LogP contribution in [0.4, 0.5) is 5.69 Å². The quantitative estimate of drug-likeness (QED) is 0.161. The van der Waals surface area contributed by atoms with Gasteiger partial charge in [-0.3, -0.25) is 14.4 Å². The number of likely N-dealkylation sites (tertiary alicyclic amines) is 1. The third-order valence-corrected chi connectivity index (χ3v) is 13.2. The Morgan fingerprint density at radius 2 is 1.55 bits per heavy atom. The standard InChI is InChI=1S/C43H45N3O4S/c1-4-22-44(27-31-16-10-7-11-17-31)40(48)37-36-24-29(3)43(51-36)38(37)41(49)46(35(28-47)25-30-14-8-6-9-15-30)39(43)42(50)45(23-5-2)34-21-20-32-18-12-13-19-33(32)26-34/h4-21,26,29,35-39,47H,1-2,22-25,27-28H2,3H3/t29?,35-,36+,37-,38+,39?,43?/m1/s1. The molecule has 7 nitrogen and oxygen atoms in total. The molecule has 51 heavy (non-hydrogen) atoms. The first-order valence-corrected chi connectivity index (χ1v) is 18.7. The average Bonchev–Trinajstić information content (AvgIpc) is 3.76. The molecule has 0 saturated carbocycles. The molecule has 3 amide bonds. The molecule has 1 spiro atoms. The Bertz CT molecular complexity index is 1940. The van der Waals surface area contributed by atoms with Crippen LogP contribution in [0.3, 0.4) is 0 Å². The van der Waals surface area contributed by atoms with Gasteiger partial charge in [-0.05, 0) is 52.8 Å². The number of hydrogen-bond donors (Lipinski definition) is 1. The summed E-state index contributed by atoms with van der Waals surface area (Å²) in [7, 11) is 0. The first-order chi connectivity index (χ1) is 24.8. The zero-order valence-electron chi connectivity index (χ0n) is 29.0. The molecule has 4 aromatic rings. The van der Waals surface area contributed by atoms with Crippen LogP contribution in [0.15, 0.2) is 128 Å². The molecular formula is C43H45N3O4S. The molecule has 3 heterocycles. The largest absolute Gasteiger partial charge is 0.394 e. The third kappa shape index (κ3) is 6.08. The summed E-state index contributed by atoms with van der Waals surface area (Å²) in [5.74, 6) is -1.87. The van der Waals surface area contributed by atoms with E-state index in [1.807, 2.05) is 103 Å². The number of thioether (sulfide) groups is 1. The van der Waals surface area contributed by atoms with Crippen molar-refractivity contribution in [2.45, 2.75) is 48.4 Å². The Hall–Kier alpha value is -4.66. The Balaban J connectivity index is 1.33. The smallest absolute Gasteiger partial charge is 0.251 e. The molecule has 7 atom stereocenters. The number of benzene rings is 4. The van der Waals surface area contributed by atoms with Crippen molar-refractivity contribution in [3.63, 3.8) is 0 Å². The van der Waals surface area contributed by atoms with E-state index in [2.05, 4.69) is 20.1 Å². The van der Waals surface area contributed by atoms with Crippen LogP contribution >= 0.6 is 11.8 Å². The second-order valence-electron chi connectivity index (χ2n) is 14.1. The Labute approximate surface area is 304 Å². The summed E-state index contributed by atoms with van der Waals surface area (Å²) in [5.41, 5.74) is 2.67. The summed E-state index contributed by atoms with van der Waals surface area (Å²) in [6, 6.07) is 32.0. The van der Waals surface area contributed by atoms with E-state index < -0.39 is 28.7 Å². The Morgan fingerprint density at radius 3 is 2.22 bits per heavy atom. The molecule has 8 heteroatoms. The van der Waals surface area contributed by atoms with E-state index in [4.69, 9.17) is 0 Å². The van der Waals surface area contributed by atoms with Gasteiger partial charge in [0.1, 0.15) is 6.04 Å². The molecule has 3 saturated heterocycles. The summed E-state index contributed by atoms with van der Waals surface area (Å²) in [6.07, 6.45) is 4.54. The number of carbonyl (C=O) groups is 3. The van der Waals surface area contributed by atoms with Crippen molar-refractivity contribution in [3.8, 4) is 0 Å². The highest BCUT2D eigenvalue weighted by atomic mass is 32.2. The number of aliphatic hydroxyl groups excluding tert-OH is 1. The molecule has 3 unspecified atom stereocenters. The number of nitrogens with zero attached hydrogens (tertiary/aromatic N) is 3. The van der Waals surface area contributed by atoms with Gasteiger partial charge in [-0.1, -0.05) is 110 Å². The highest BCUT2D eigenvalue weighted by molar-refractivity contribution is 8.02. The molecular weight excluding hydrogens is 655 g/mol. The van der Waals surface area contributed by atoms with Crippen LogP contribution in [0.2, 0.25) is 0 Å². The van der Waals surface area contributed by atoms with E-state index in [1.165, 1.54) is 0 Å². The van der Waals surface area contributed by atoms with Crippen LogP contribution in [-0.2, 0) is 27.3 Å².